The molecule has 2 heterocycles. The van der Waals surface area contributed by atoms with Crippen molar-refractivity contribution in [3.8, 4) is 5.69 Å². The minimum atomic E-state index is -3.77. The van der Waals surface area contributed by atoms with Gasteiger partial charge in [-0.3, -0.25) is 9.10 Å². The molecule has 166 valence electrons. The summed E-state index contributed by atoms with van der Waals surface area (Å²) in [7, 11) is -3.77. The molecule has 0 atom stereocenters. The maximum Gasteiger partial charge on any atom is 0.264 e. The first-order chi connectivity index (χ1) is 16.0. The molecule has 3 aromatic carbocycles. The van der Waals surface area contributed by atoms with Gasteiger partial charge in [-0.15, -0.1) is 0 Å². The van der Waals surface area contributed by atoms with Crippen molar-refractivity contribution in [1.82, 2.24) is 15.1 Å². The topological polar surface area (TPSA) is 84.3 Å². The molecule has 1 aliphatic rings. The van der Waals surface area contributed by atoms with E-state index in [9.17, 15) is 13.2 Å². The molecule has 0 radical (unpaired) electrons. The number of carbonyl (C=O) groups excluding carboxylic acids is 1. The van der Waals surface area contributed by atoms with Crippen LogP contribution in [0.25, 0.3) is 5.69 Å². The van der Waals surface area contributed by atoms with Gasteiger partial charge in [0.2, 0.25) is 0 Å². The summed E-state index contributed by atoms with van der Waals surface area (Å²) in [5.41, 5.74) is 3.76. The van der Waals surface area contributed by atoms with Gasteiger partial charge < -0.3 is 5.32 Å². The van der Waals surface area contributed by atoms with E-state index in [0.29, 0.717) is 24.2 Å². The molecule has 0 aliphatic carbocycles. The Labute approximate surface area is 192 Å². The SMILES string of the molecule is O=C(NCc1ccccc1-n1cccn1)c1cccc(S(=O)(=O)N2CCc3ccccc32)c1. The van der Waals surface area contributed by atoms with E-state index in [0.717, 1.165) is 16.8 Å². The molecule has 0 bridgehead atoms. The van der Waals surface area contributed by atoms with Gasteiger partial charge in [-0.05, 0) is 53.9 Å². The Kier molecular flexibility index (Phi) is 5.43. The standard InChI is InChI=1S/C25H22N4O3S/c30-25(26-18-21-8-2-3-11-23(21)28-15-6-14-27-28)20-9-5-10-22(17-20)33(31,32)29-16-13-19-7-1-4-12-24(19)29/h1-12,14-15,17H,13,16,18H2,(H,26,30). The largest absolute Gasteiger partial charge is 0.348 e. The van der Waals surface area contributed by atoms with Crippen LogP contribution in [0.2, 0.25) is 0 Å². The number of amides is 1. The minimum Gasteiger partial charge on any atom is -0.348 e. The van der Waals surface area contributed by atoms with Gasteiger partial charge in [-0.1, -0.05) is 42.5 Å². The van der Waals surface area contributed by atoms with Gasteiger partial charge in [0, 0.05) is 31.0 Å². The lowest BCUT2D eigenvalue weighted by atomic mass is 10.1. The van der Waals surface area contributed by atoms with E-state index >= 15 is 0 Å². The second-order valence-electron chi connectivity index (χ2n) is 7.75. The van der Waals surface area contributed by atoms with E-state index in [1.165, 1.54) is 16.4 Å². The molecule has 1 N–H and O–H groups in total. The van der Waals surface area contributed by atoms with Crippen LogP contribution < -0.4 is 9.62 Å². The van der Waals surface area contributed by atoms with Crippen molar-refractivity contribution in [3.05, 3.63) is 108 Å². The number of hydrogen-bond donors (Lipinski definition) is 1. The van der Waals surface area contributed by atoms with Crippen molar-refractivity contribution < 1.29 is 13.2 Å². The third-order valence-electron chi connectivity index (χ3n) is 5.71. The molecule has 5 rings (SSSR count). The van der Waals surface area contributed by atoms with Gasteiger partial charge in [0.25, 0.3) is 15.9 Å². The summed E-state index contributed by atoms with van der Waals surface area (Å²) in [6.45, 7) is 0.674. The highest BCUT2D eigenvalue weighted by molar-refractivity contribution is 7.92. The maximum absolute atomic E-state index is 13.3. The van der Waals surface area contributed by atoms with Crippen molar-refractivity contribution >= 4 is 21.6 Å². The predicted octanol–water partition coefficient (Wildman–Crippen LogP) is 3.55. The van der Waals surface area contributed by atoms with Crippen LogP contribution in [0.5, 0.6) is 0 Å². The summed E-state index contributed by atoms with van der Waals surface area (Å²) in [5.74, 6) is -0.343. The average molecular weight is 459 g/mol. The van der Waals surface area contributed by atoms with E-state index in [2.05, 4.69) is 10.4 Å². The van der Waals surface area contributed by atoms with Crippen LogP contribution in [-0.2, 0) is 23.0 Å². The molecule has 7 nitrogen and oxygen atoms in total. The molecule has 8 heteroatoms. The van der Waals surface area contributed by atoms with Crippen molar-refractivity contribution in [2.45, 2.75) is 17.9 Å². The third-order valence-corrected chi connectivity index (χ3v) is 7.52. The first-order valence-corrected chi connectivity index (χ1v) is 12.0. The molecular formula is C25H22N4O3S. The number of nitrogens with one attached hydrogen (secondary N) is 1. The molecule has 0 spiro atoms. The number of hydrogen-bond acceptors (Lipinski definition) is 4. The van der Waals surface area contributed by atoms with Crippen molar-refractivity contribution in [1.29, 1.82) is 0 Å². The summed E-state index contributed by atoms with van der Waals surface area (Å²) in [4.78, 5) is 13.0. The number of fused-ring (bicyclic) bond motifs is 1. The normalized spacial score (nSPS) is 13.0. The molecule has 4 aromatic rings. The third kappa shape index (κ3) is 4.01. The van der Waals surface area contributed by atoms with E-state index in [1.807, 2.05) is 60.8 Å². The quantitative estimate of drug-likeness (QED) is 0.479. The van der Waals surface area contributed by atoms with Crippen LogP contribution >= 0.6 is 0 Å². The Bertz CT molecular complexity index is 1420. The van der Waals surface area contributed by atoms with Crippen LogP contribution in [0.1, 0.15) is 21.5 Å². The highest BCUT2D eigenvalue weighted by atomic mass is 32.2. The van der Waals surface area contributed by atoms with Gasteiger partial charge in [0.1, 0.15) is 0 Å². The summed E-state index contributed by atoms with van der Waals surface area (Å²) >= 11 is 0. The first kappa shape index (κ1) is 21.0. The molecule has 0 fully saturated rings. The second kappa shape index (κ2) is 8.55. The summed E-state index contributed by atoms with van der Waals surface area (Å²) in [6, 6.07) is 23.2. The lowest BCUT2D eigenvalue weighted by Crippen LogP contribution is -2.29. The van der Waals surface area contributed by atoms with E-state index in [-0.39, 0.29) is 17.3 Å². The predicted molar refractivity (Wildman–Crippen MR) is 126 cm³/mol. The highest BCUT2D eigenvalue weighted by Crippen LogP contribution is 2.32. The Morgan fingerprint density at radius 3 is 2.55 bits per heavy atom. The summed E-state index contributed by atoms with van der Waals surface area (Å²) in [6.07, 6.45) is 4.21. The lowest BCUT2D eigenvalue weighted by molar-refractivity contribution is 0.0950. The number of benzene rings is 3. The highest BCUT2D eigenvalue weighted by Gasteiger charge is 2.30. The number of aromatic nitrogens is 2. The zero-order valence-electron chi connectivity index (χ0n) is 17.8. The molecule has 1 aliphatic heterocycles. The Hall–Kier alpha value is -3.91. The van der Waals surface area contributed by atoms with Crippen molar-refractivity contribution in [2.24, 2.45) is 0 Å². The van der Waals surface area contributed by atoms with Crippen molar-refractivity contribution in [3.63, 3.8) is 0 Å². The molecular weight excluding hydrogens is 436 g/mol. The van der Waals surface area contributed by atoms with Crippen LogP contribution in [-0.4, -0.2) is 30.7 Å². The monoisotopic (exact) mass is 458 g/mol. The molecule has 1 aromatic heterocycles. The smallest absolute Gasteiger partial charge is 0.264 e. The van der Waals surface area contributed by atoms with Gasteiger partial charge in [0.05, 0.1) is 16.3 Å². The van der Waals surface area contributed by atoms with Crippen LogP contribution in [0.15, 0.2) is 96.2 Å². The van der Waals surface area contributed by atoms with Gasteiger partial charge >= 0.3 is 0 Å². The van der Waals surface area contributed by atoms with Gasteiger partial charge in [-0.2, -0.15) is 5.10 Å². The Morgan fingerprint density at radius 1 is 0.939 bits per heavy atom. The Balaban J connectivity index is 1.36. The Morgan fingerprint density at radius 2 is 1.73 bits per heavy atom. The fraction of sp³-hybridized carbons (Fsp3) is 0.120. The fourth-order valence-corrected chi connectivity index (χ4v) is 5.60. The average Bonchev–Trinajstić information content (AvgIpc) is 3.53. The number of nitrogens with zero attached hydrogens (tertiary/aromatic N) is 3. The fourth-order valence-electron chi connectivity index (χ4n) is 4.06. The number of para-hydroxylation sites is 2. The molecule has 33 heavy (non-hydrogen) atoms. The molecule has 0 saturated heterocycles. The number of rotatable bonds is 6. The molecule has 0 saturated carbocycles. The number of carbonyl (C=O) groups is 1. The number of anilines is 1. The van der Waals surface area contributed by atoms with Crippen LogP contribution in [0.3, 0.4) is 0 Å². The maximum atomic E-state index is 13.3. The van der Waals surface area contributed by atoms with Gasteiger partial charge in [-0.25, -0.2) is 13.1 Å². The lowest BCUT2D eigenvalue weighted by Gasteiger charge is -2.20. The minimum absolute atomic E-state index is 0.101. The van der Waals surface area contributed by atoms with Gasteiger partial charge in [0.15, 0.2) is 0 Å². The summed E-state index contributed by atoms with van der Waals surface area (Å²) < 4.78 is 29.8. The number of sulfonamides is 1. The zero-order valence-corrected chi connectivity index (χ0v) is 18.6. The zero-order chi connectivity index (χ0) is 22.8. The summed E-state index contributed by atoms with van der Waals surface area (Å²) in [5, 5.41) is 7.15. The molecule has 0 unspecified atom stereocenters. The second-order valence-corrected chi connectivity index (χ2v) is 9.61. The van der Waals surface area contributed by atoms with E-state index in [1.54, 1.807) is 23.0 Å². The first-order valence-electron chi connectivity index (χ1n) is 10.6. The van der Waals surface area contributed by atoms with E-state index in [4.69, 9.17) is 0 Å². The van der Waals surface area contributed by atoms with Crippen molar-refractivity contribution in [2.75, 3.05) is 10.8 Å². The van der Waals surface area contributed by atoms with Crippen LogP contribution in [0, 0.1) is 0 Å². The molecule has 1 amide bonds. The van der Waals surface area contributed by atoms with E-state index < -0.39 is 10.0 Å². The van der Waals surface area contributed by atoms with Crippen LogP contribution in [0.4, 0.5) is 5.69 Å².